The molecule has 0 radical (unpaired) electrons. The van der Waals surface area contributed by atoms with Gasteiger partial charge in [-0.25, -0.2) is 4.98 Å². The van der Waals surface area contributed by atoms with Gasteiger partial charge in [-0.2, -0.15) is 4.68 Å². The van der Waals surface area contributed by atoms with Crippen LogP contribution in [-0.2, 0) is 13.1 Å². The topological polar surface area (TPSA) is 95.8 Å². The number of nitro groups is 1. The first kappa shape index (κ1) is 16.2. The van der Waals surface area contributed by atoms with Gasteiger partial charge in [0, 0.05) is 12.3 Å². The van der Waals surface area contributed by atoms with E-state index in [1.54, 1.807) is 16.8 Å². The van der Waals surface area contributed by atoms with Gasteiger partial charge in [0.2, 0.25) is 0 Å². The second kappa shape index (κ2) is 6.83. The molecule has 0 aliphatic rings. The highest BCUT2D eigenvalue weighted by molar-refractivity contribution is 7.99. The standard InChI is InChI=1S/C15H15N5O3S/c1-2-19-14(21)11-5-3-4-6-12(11)16-15(19)24-10-9-18-8-7-13(17-18)20(22)23/h3-8H,2,9-10H2,1H3. The third-order valence-electron chi connectivity index (χ3n) is 3.51. The van der Waals surface area contributed by atoms with Crippen molar-refractivity contribution in [2.45, 2.75) is 25.2 Å². The van der Waals surface area contributed by atoms with Crippen LogP contribution in [0.4, 0.5) is 5.82 Å². The quantitative estimate of drug-likeness (QED) is 0.294. The number of hydrogen-bond donors (Lipinski definition) is 0. The lowest BCUT2D eigenvalue weighted by Gasteiger charge is -2.10. The molecule has 0 aliphatic heterocycles. The van der Waals surface area contributed by atoms with Crippen molar-refractivity contribution in [1.29, 1.82) is 0 Å². The Kier molecular flexibility index (Phi) is 4.61. The molecule has 8 nitrogen and oxygen atoms in total. The molecule has 0 amide bonds. The molecule has 2 heterocycles. The van der Waals surface area contributed by atoms with Crippen LogP contribution in [-0.4, -0.2) is 30.0 Å². The number of rotatable bonds is 6. The zero-order valence-electron chi connectivity index (χ0n) is 13.0. The lowest BCUT2D eigenvalue weighted by Crippen LogP contribution is -2.22. The maximum absolute atomic E-state index is 12.5. The average Bonchev–Trinajstić information content (AvgIpc) is 3.04. The van der Waals surface area contributed by atoms with Crippen molar-refractivity contribution in [3.05, 3.63) is 57.0 Å². The van der Waals surface area contributed by atoms with Crippen molar-refractivity contribution in [3.63, 3.8) is 0 Å². The van der Waals surface area contributed by atoms with E-state index in [1.165, 1.54) is 22.5 Å². The third kappa shape index (κ3) is 3.16. The zero-order valence-corrected chi connectivity index (χ0v) is 13.8. The fraction of sp³-hybridized carbons (Fsp3) is 0.267. The van der Waals surface area contributed by atoms with Crippen molar-refractivity contribution < 1.29 is 4.92 Å². The molecule has 3 aromatic rings. The van der Waals surface area contributed by atoms with Crippen LogP contribution in [0.1, 0.15) is 6.92 Å². The van der Waals surface area contributed by atoms with Gasteiger partial charge in [0.05, 0.1) is 34.8 Å². The van der Waals surface area contributed by atoms with E-state index in [4.69, 9.17) is 0 Å². The number of benzene rings is 1. The summed E-state index contributed by atoms with van der Waals surface area (Å²) in [6.07, 6.45) is 1.57. The van der Waals surface area contributed by atoms with E-state index in [9.17, 15) is 14.9 Å². The molecular weight excluding hydrogens is 330 g/mol. The van der Waals surface area contributed by atoms with Crippen LogP contribution >= 0.6 is 11.8 Å². The fourth-order valence-electron chi connectivity index (χ4n) is 2.34. The van der Waals surface area contributed by atoms with Gasteiger partial charge in [-0.15, -0.1) is 0 Å². The SMILES string of the molecule is CCn1c(SCCn2ccc([N+](=O)[O-])n2)nc2ccccc2c1=O. The predicted molar refractivity (Wildman–Crippen MR) is 91.3 cm³/mol. The molecule has 0 N–H and O–H groups in total. The Balaban J connectivity index is 1.79. The second-order valence-electron chi connectivity index (χ2n) is 5.00. The van der Waals surface area contributed by atoms with Crippen molar-refractivity contribution in [1.82, 2.24) is 19.3 Å². The Morgan fingerprint density at radius 1 is 1.29 bits per heavy atom. The van der Waals surface area contributed by atoms with Crippen LogP contribution in [0.5, 0.6) is 0 Å². The highest BCUT2D eigenvalue weighted by Crippen LogP contribution is 2.18. The summed E-state index contributed by atoms with van der Waals surface area (Å²) in [7, 11) is 0. The lowest BCUT2D eigenvalue weighted by molar-refractivity contribution is -0.389. The summed E-state index contributed by atoms with van der Waals surface area (Å²) >= 11 is 1.43. The van der Waals surface area contributed by atoms with E-state index >= 15 is 0 Å². The summed E-state index contributed by atoms with van der Waals surface area (Å²) < 4.78 is 3.15. The van der Waals surface area contributed by atoms with E-state index in [2.05, 4.69) is 10.1 Å². The first-order chi connectivity index (χ1) is 11.6. The molecule has 0 unspecified atom stereocenters. The molecule has 0 saturated heterocycles. The van der Waals surface area contributed by atoms with E-state index in [0.717, 1.165) is 0 Å². The number of aromatic nitrogens is 4. The minimum absolute atomic E-state index is 0.0553. The molecule has 2 aromatic heterocycles. The number of fused-ring (bicyclic) bond motifs is 1. The first-order valence-electron chi connectivity index (χ1n) is 7.40. The van der Waals surface area contributed by atoms with Gasteiger partial charge in [0.1, 0.15) is 0 Å². The van der Waals surface area contributed by atoms with Gasteiger partial charge in [0.15, 0.2) is 5.16 Å². The van der Waals surface area contributed by atoms with Gasteiger partial charge < -0.3 is 10.1 Å². The molecule has 0 atom stereocenters. The first-order valence-corrected chi connectivity index (χ1v) is 8.39. The van der Waals surface area contributed by atoms with Gasteiger partial charge in [-0.3, -0.25) is 9.36 Å². The molecule has 0 spiro atoms. The van der Waals surface area contributed by atoms with Gasteiger partial charge in [-0.05, 0) is 24.0 Å². The van der Waals surface area contributed by atoms with E-state index < -0.39 is 4.92 Å². The predicted octanol–water partition coefficient (Wildman–Crippen LogP) is 2.31. The van der Waals surface area contributed by atoms with Crippen molar-refractivity contribution >= 4 is 28.5 Å². The minimum Gasteiger partial charge on any atom is -0.358 e. The molecule has 0 fully saturated rings. The molecule has 124 valence electrons. The van der Waals surface area contributed by atoms with Crippen molar-refractivity contribution in [3.8, 4) is 0 Å². The third-order valence-corrected chi connectivity index (χ3v) is 4.46. The number of hydrogen-bond acceptors (Lipinski definition) is 6. The maximum Gasteiger partial charge on any atom is 0.389 e. The minimum atomic E-state index is -0.525. The molecule has 9 heteroatoms. The van der Waals surface area contributed by atoms with Crippen LogP contribution in [0.2, 0.25) is 0 Å². The largest absolute Gasteiger partial charge is 0.389 e. The molecule has 24 heavy (non-hydrogen) atoms. The van der Waals surface area contributed by atoms with Crippen molar-refractivity contribution in [2.75, 3.05) is 5.75 Å². The summed E-state index contributed by atoms with van der Waals surface area (Å²) in [5, 5.41) is 15.7. The number of aryl methyl sites for hydroxylation is 1. The second-order valence-corrected chi connectivity index (χ2v) is 6.07. The van der Waals surface area contributed by atoms with Crippen LogP contribution in [0, 0.1) is 10.1 Å². The average molecular weight is 345 g/mol. The Morgan fingerprint density at radius 3 is 2.79 bits per heavy atom. The van der Waals surface area contributed by atoms with Gasteiger partial charge in [0.25, 0.3) is 5.56 Å². The number of thioether (sulfide) groups is 1. The lowest BCUT2D eigenvalue weighted by atomic mass is 10.2. The van der Waals surface area contributed by atoms with E-state index in [0.29, 0.717) is 34.9 Å². The van der Waals surface area contributed by atoms with Crippen LogP contribution in [0.3, 0.4) is 0 Å². The van der Waals surface area contributed by atoms with Crippen molar-refractivity contribution in [2.24, 2.45) is 0 Å². The monoisotopic (exact) mass is 345 g/mol. The fourth-order valence-corrected chi connectivity index (χ4v) is 3.33. The molecule has 0 saturated carbocycles. The summed E-state index contributed by atoms with van der Waals surface area (Å²) in [6.45, 7) is 2.93. The van der Waals surface area contributed by atoms with E-state index in [1.807, 2.05) is 25.1 Å². The summed E-state index contributed by atoms with van der Waals surface area (Å²) in [6, 6.07) is 8.62. The number of para-hydroxylation sites is 1. The highest BCUT2D eigenvalue weighted by Gasteiger charge is 2.12. The smallest absolute Gasteiger partial charge is 0.358 e. The number of nitrogens with zero attached hydrogens (tertiary/aromatic N) is 5. The Morgan fingerprint density at radius 2 is 2.08 bits per heavy atom. The summed E-state index contributed by atoms with van der Waals surface area (Å²) in [5.41, 5.74) is 0.616. The molecule has 0 bridgehead atoms. The zero-order chi connectivity index (χ0) is 17.1. The molecule has 0 aliphatic carbocycles. The normalized spacial score (nSPS) is 11.0. The molecule has 3 rings (SSSR count). The highest BCUT2D eigenvalue weighted by atomic mass is 32.2. The van der Waals surface area contributed by atoms with Gasteiger partial charge >= 0.3 is 5.82 Å². The Labute approximate surface area is 141 Å². The summed E-state index contributed by atoms with van der Waals surface area (Å²) in [5.74, 6) is 0.429. The van der Waals surface area contributed by atoms with E-state index in [-0.39, 0.29) is 11.4 Å². The van der Waals surface area contributed by atoms with Gasteiger partial charge in [-0.1, -0.05) is 23.9 Å². The van der Waals surface area contributed by atoms with Crippen LogP contribution < -0.4 is 5.56 Å². The Bertz CT molecular complexity index is 950. The Hall–Kier alpha value is -2.68. The molecular formula is C15H15N5O3S. The summed E-state index contributed by atoms with van der Waals surface area (Å²) in [4.78, 5) is 27.2. The van der Waals surface area contributed by atoms with Crippen LogP contribution in [0.15, 0.2) is 46.5 Å². The maximum atomic E-state index is 12.5. The molecule has 1 aromatic carbocycles. The van der Waals surface area contributed by atoms with Crippen LogP contribution in [0.25, 0.3) is 10.9 Å².